The van der Waals surface area contributed by atoms with Crippen molar-refractivity contribution in [1.82, 2.24) is 14.5 Å². The Bertz CT molecular complexity index is 650. The van der Waals surface area contributed by atoms with Crippen molar-refractivity contribution in [2.45, 2.75) is 20.0 Å². The van der Waals surface area contributed by atoms with E-state index >= 15 is 0 Å². The molecule has 0 amide bonds. The molecule has 2 aromatic heterocycles. The minimum Gasteiger partial charge on any atom is -0.381 e. The number of benzene rings is 1. The number of hydrogen-bond donors (Lipinski definition) is 2. The predicted molar refractivity (Wildman–Crippen MR) is 81.5 cm³/mol. The molecule has 0 aliphatic heterocycles. The first-order chi connectivity index (χ1) is 9.85. The summed E-state index contributed by atoms with van der Waals surface area (Å²) in [5.41, 5.74) is 4.60. The zero-order valence-corrected chi connectivity index (χ0v) is 11.5. The van der Waals surface area contributed by atoms with Gasteiger partial charge in [-0.05, 0) is 36.2 Å². The van der Waals surface area contributed by atoms with E-state index in [9.17, 15) is 0 Å². The molecule has 0 saturated carbocycles. The average Bonchev–Trinajstić information content (AvgIpc) is 3.17. The van der Waals surface area contributed by atoms with Crippen LogP contribution in [0.4, 0.5) is 5.69 Å². The SMILES string of the molecule is CCn1ccc(CNc2ccc(-c3cnc[nH]3)cc2)c1. The van der Waals surface area contributed by atoms with Gasteiger partial charge in [-0.15, -0.1) is 0 Å². The second kappa shape index (κ2) is 5.65. The Hall–Kier alpha value is -2.49. The normalized spacial score (nSPS) is 10.7. The van der Waals surface area contributed by atoms with Crippen LogP contribution in [0.1, 0.15) is 12.5 Å². The molecule has 0 radical (unpaired) electrons. The van der Waals surface area contributed by atoms with E-state index in [-0.39, 0.29) is 0 Å². The number of aryl methyl sites for hydroxylation is 1. The van der Waals surface area contributed by atoms with Crippen molar-refractivity contribution in [3.63, 3.8) is 0 Å². The number of aromatic nitrogens is 3. The van der Waals surface area contributed by atoms with Crippen LogP contribution in [0.3, 0.4) is 0 Å². The maximum absolute atomic E-state index is 4.03. The van der Waals surface area contributed by atoms with Crippen LogP contribution in [0.15, 0.2) is 55.2 Å². The highest BCUT2D eigenvalue weighted by Gasteiger charge is 2.00. The van der Waals surface area contributed by atoms with E-state index in [1.165, 1.54) is 5.56 Å². The molecule has 102 valence electrons. The number of rotatable bonds is 5. The number of nitrogens with one attached hydrogen (secondary N) is 2. The highest BCUT2D eigenvalue weighted by atomic mass is 14.9. The fraction of sp³-hybridized carbons (Fsp3) is 0.188. The Kier molecular flexibility index (Phi) is 3.54. The van der Waals surface area contributed by atoms with E-state index in [0.717, 1.165) is 30.0 Å². The van der Waals surface area contributed by atoms with Crippen molar-refractivity contribution in [3.8, 4) is 11.3 Å². The minimum absolute atomic E-state index is 0.844. The van der Waals surface area contributed by atoms with Gasteiger partial charge in [0, 0.05) is 31.2 Å². The number of hydrogen-bond acceptors (Lipinski definition) is 2. The van der Waals surface area contributed by atoms with Gasteiger partial charge in [-0.25, -0.2) is 4.98 Å². The molecule has 3 aromatic rings. The van der Waals surface area contributed by atoms with Gasteiger partial charge in [-0.2, -0.15) is 0 Å². The van der Waals surface area contributed by atoms with Crippen LogP contribution in [0, 0.1) is 0 Å². The predicted octanol–water partition coefficient (Wildman–Crippen LogP) is 3.51. The van der Waals surface area contributed by atoms with E-state index in [1.807, 2.05) is 6.20 Å². The van der Waals surface area contributed by atoms with Crippen molar-refractivity contribution < 1.29 is 0 Å². The number of imidazole rings is 1. The molecule has 2 N–H and O–H groups in total. The first kappa shape index (κ1) is 12.5. The standard InChI is InChI=1S/C16H18N4/c1-2-20-8-7-13(11-20)9-18-15-5-3-14(4-6-15)16-10-17-12-19-16/h3-8,10-12,18H,2,9H2,1H3,(H,17,19). The summed E-state index contributed by atoms with van der Waals surface area (Å²) in [6.07, 6.45) is 7.81. The Morgan fingerprint density at radius 3 is 2.70 bits per heavy atom. The summed E-state index contributed by atoms with van der Waals surface area (Å²) in [5.74, 6) is 0. The van der Waals surface area contributed by atoms with Gasteiger partial charge < -0.3 is 14.9 Å². The van der Waals surface area contributed by atoms with Gasteiger partial charge in [0.25, 0.3) is 0 Å². The van der Waals surface area contributed by atoms with Crippen LogP contribution in [0.25, 0.3) is 11.3 Å². The molecule has 0 bridgehead atoms. The number of nitrogens with zero attached hydrogens (tertiary/aromatic N) is 2. The van der Waals surface area contributed by atoms with Gasteiger partial charge in [0.05, 0.1) is 18.2 Å². The zero-order chi connectivity index (χ0) is 13.8. The maximum atomic E-state index is 4.03. The van der Waals surface area contributed by atoms with Gasteiger partial charge in [-0.3, -0.25) is 0 Å². The summed E-state index contributed by atoms with van der Waals surface area (Å²) in [5, 5.41) is 3.43. The lowest BCUT2D eigenvalue weighted by Crippen LogP contribution is -1.98. The number of aromatic amines is 1. The van der Waals surface area contributed by atoms with Crippen LogP contribution < -0.4 is 5.32 Å². The molecule has 2 heterocycles. The Labute approximate surface area is 118 Å². The smallest absolute Gasteiger partial charge is 0.0924 e. The molecule has 3 rings (SSSR count). The Morgan fingerprint density at radius 2 is 2.05 bits per heavy atom. The van der Waals surface area contributed by atoms with E-state index < -0.39 is 0 Å². The molecular weight excluding hydrogens is 248 g/mol. The van der Waals surface area contributed by atoms with E-state index in [0.29, 0.717) is 0 Å². The second-order valence-corrected chi connectivity index (χ2v) is 4.75. The summed E-state index contributed by atoms with van der Waals surface area (Å²) >= 11 is 0. The van der Waals surface area contributed by atoms with Gasteiger partial charge in [0.15, 0.2) is 0 Å². The van der Waals surface area contributed by atoms with E-state index in [2.05, 4.69) is 69.5 Å². The average molecular weight is 266 g/mol. The molecule has 4 heteroatoms. The fourth-order valence-electron chi connectivity index (χ4n) is 2.18. The van der Waals surface area contributed by atoms with Crippen LogP contribution in [-0.4, -0.2) is 14.5 Å². The lowest BCUT2D eigenvalue weighted by atomic mass is 10.1. The Balaban J connectivity index is 1.63. The molecule has 0 aliphatic rings. The van der Waals surface area contributed by atoms with Gasteiger partial charge in [0.2, 0.25) is 0 Å². The fourth-order valence-corrected chi connectivity index (χ4v) is 2.18. The number of anilines is 1. The van der Waals surface area contributed by atoms with Crippen molar-refractivity contribution in [1.29, 1.82) is 0 Å². The molecule has 0 fully saturated rings. The van der Waals surface area contributed by atoms with Crippen molar-refractivity contribution in [2.75, 3.05) is 5.32 Å². The summed E-state index contributed by atoms with van der Waals surface area (Å²) in [7, 11) is 0. The van der Waals surface area contributed by atoms with Crippen LogP contribution in [-0.2, 0) is 13.1 Å². The largest absolute Gasteiger partial charge is 0.381 e. The third-order valence-corrected chi connectivity index (χ3v) is 3.37. The Morgan fingerprint density at radius 1 is 1.20 bits per heavy atom. The number of H-pyrrole nitrogens is 1. The zero-order valence-electron chi connectivity index (χ0n) is 11.5. The molecule has 4 nitrogen and oxygen atoms in total. The third-order valence-electron chi connectivity index (χ3n) is 3.37. The van der Waals surface area contributed by atoms with Crippen molar-refractivity contribution in [2.24, 2.45) is 0 Å². The van der Waals surface area contributed by atoms with Crippen molar-refractivity contribution >= 4 is 5.69 Å². The summed E-state index contributed by atoms with van der Waals surface area (Å²) in [6.45, 7) is 4.00. The van der Waals surface area contributed by atoms with Crippen LogP contribution >= 0.6 is 0 Å². The van der Waals surface area contributed by atoms with Crippen LogP contribution in [0.5, 0.6) is 0 Å². The van der Waals surface area contributed by atoms with Gasteiger partial charge >= 0.3 is 0 Å². The quantitative estimate of drug-likeness (QED) is 0.742. The lowest BCUT2D eigenvalue weighted by Gasteiger charge is -2.06. The molecule has 0 unspecified atom stereocenters. The van der Waals surface area contributed by atoms with Crippen molar-refractivity contribution in [3.05, 3.63) is 60.8 Å². The highest BCUT2D eigenvalue weighted by Crippen LogP contribution is 2.19. The first-order valence-electron chi connectivity index (χ1n) is 6.82. The molecule has 0 atom stereocenters. The molecular formula is C16H18N4. The first-order valence-corrected chi connectivity index (χ1v) is 6.82. The van der Waals surface area contributed by atoms with Gasteiger partial charge in [0.1, 0.15) is 0 Å². The summed E-state index contributed by atoms with van der Waals surface area (Å²) < 4.78 is 2.18. The molecule has 20 heavy (non-hydrogen) atoms. The van der Waals surface area contributed by atoms with E-state index in [1.54, 1.807) is 6.33 Å². The monoisotopic (exact) mass is 266 g/mol. The minimum atomic E-state index is 0.844. The van der Waals surface area contributed by atoms with E-state index in [4.69, 9.17) is 0 Å². The topological polar surface area (TPSA) is 45.6 Å². The summed E-state index contributed by atoms with van der Waals surface area (Å²) in [4.78, 5) is 7.14. The molecule has 0 spiro atoms. The molecule has 1 aromatic carbocycles. The maximum Gasteiger partial charge on any atom is 0.0924 e. The second-order valence-electron chi connectivity index (χ2n) is 4.75. The van der Waals surface area contributed by atoms with Crippen LogP contribution in [0.2, 0.25) is 0 Å². The van der Waals surface area contributed by atoms with Gasteiger partial charge in [-0.1, -0.05) is 12.1 Å². The highest BCUT2D eigenvalue weighted by molar-refractivity contribution is 5.61. The summed E-state index contributed by atoms with van der Waals surface area (Å²) in [6, 6.07) is 10.5. The molecule has 0 aliphatic carbocycles. The lowest BCUT2D eigenvalue weighted by molar-refractivity contribution is 0.766. The third kappa shape index (κ3) is 2.74. The molecule has 0 saturated heterocycles.